The van der Waals surface area contributed by atoms with Crippen molar-refractivity contribution in [2.45, 2.75) is 90.3 Å². The molecule has 0 N–H and O–H groups in total. The Labute approximate surface area is 210 Å². The van der Waals surface area contributed by atoms with Gasteiger partial charge in [-0.2, -0.15) is 0 Å². The average Bonchev–Trinajstić information content (AvgIpc) is 2.85. The van der Waals surface area contributed by atoms with Crippen molar-refractivity contribution >= 4 is 35.9 Å². The molecule has 33 heavy (non-hydrogen) atoms. The molecule has 0 fully saturated rings. The van der Waals surface area contributed by atoms with E-state index in [1.807, 2.05) is 17.8 Å². The first-order valence-electron chi connectivity index (χ1n) is 13.2. The first kappa shape index (κ1) is 26.6. The van der Waals surface area contributed by atoms with Gasteiger partial charge in [0, 0.05) is 0 Å². The number of hydrogen-bond donors (Lipinski definition) is 0. The number of carbonyl (C=O) groups is 1. The van der Waals surface area contributed by atoms with Crippen molar-refractivity contribution in [3.63, 3.8) is 0 Å². The van der Waals surface area contributed by atoms with Crippen molar-refractivity contribution in [3.05, 3.63) is 74.7 Å². The second-order valence-corrected chi connectivity index (χ2v) is 23.8. The van der Waals surface area contributed by atoms with E-state index in [4.69, 9.17) is 0 Å². The molecule has 3 heteroatoms. The molecule has 2 aromatic carbocycles. The predicted octanol–water partition coefficient (Wildman–Crippen LogP) is 9.50. The van der Waals surface area contributed by atoms with Crippen LogP contribution < -0.4 is 0 Å². The first-order chi connectivity index (χ1) is 16.1. The summed E-state index contributed by atoms with van der Waals surface area (Å²) in [5.41, 5.74) is 2.20. The van der Waals surface area contributed by atoms with Crippen LogP contribution in [-0.4, -0.2) is 24.2 Å². The molecule has 0 spiro atoms. The molecule has 0 saturated carbocycles. The average molecular weight is 569 g/mol. The van der Waals surface area contributed by atoms with E-state index in [9.17, 15) is 4.79 Å². The van der Waals surface area contributed by atoms with Gasteiger partial charge in [0.25, 0.3) is 0 Å². The number of fused-ring (bicyclic) bond motifs is 1. The van der Waals surface area contributed by atoms with Gasteiger partial charge < -0.3 is 0 Å². The molecule has 0 radical (unpaired) electrons. The number of hydrogen-bond acceptors (Lipinski definition) is 2. The van der Waals surface area contributed by atoms with Gasteiger partial charge in [-0.15, -0.1) is 0 Å². The van der Waals surface area contributed by atoms with E-state index in [0.29, 0.717) is 5.78 Å². The van der Waals surface area contributed by atoms with Crippen LogP contribution in [0.2, 0.25) is 13.3 Å². The normalized spacial score (nSPS) is 16.6. The standard InChI is InChI=1S/C18H15OS.3C4H9.Sn/c1-13(20-15-8-3-2-4-9-15)16-12-11-14-7-5-6-10-17(14)18(16)19;3*1-3-4-2;/h1-10,16H,11-12H2;3*1,3-4H2,2H3;. The Hall–Kier alpha value is -1.00. The third-order valence-corrected chi connectivity index (χ3v) is 23.1. The van der Waals surface area contributed by atoms with Crippen molar-refractivity contribution in [1.82, 2.24) is 0 Å². The maximum absolute atomic E-state index is 13.7. The van der Waals surface area contributed by atoms with Crippen LogP contribution in [0.25, 0.3) is 0 Å². The second kappa shape index (κ2) is 13.8. The monoisotopic (exact) mass is 570 g/mol. The van der Waals surface area contributed by atoms with E-state index in [1.54, 1.807) is 0 Å². The summed E-state index contributed by atoms with van der Waals surface area (Å²) in [5.74, 6) is 0.388. The number of ketones is 1. The van der Waals surface area contributed by atoms with Gasteiger partial charge in [-0.3, -0.25) is 0 Å². The summed E-state index contributed by atoms with van der Waals surface area (Å²) in [5, 5.41) is 0. The van der Waals surface area contributed by atoms with Crippen molar-refractivity contribution in [3.8, 4) is 0 Å². The Bertz CT molecular complexity index is 883. The minimum absolute atomic E-state index is 0.0334. The van der Waals surface area contributed by atoms with E-state index < -0.39 is 18.4 Å². The van der Waals surface area contributed by atoms with E-state index in [-0.39, 0.29) is 5.92 Å². The number of rotatable bonds is 13. The van der Waals surface area contributed by atoms with Gasteiger partial charge in [0.1, 0.15) is 0 Å². The van der Waals surface area contributed by atoms with Gasteiger partial charge in [-0.1, -0.05) is 0 Å². The quantitative estimate of drug-likeness (QED) is 0.177. The van der Waals surface area contributed by atoms with Crippen LogP contribution in [0.4, 0.5) is 0 Å². The molecule has 3 rings (SSSR count). The van der Waals surface area contributed by atoms with E-state index in [2.05, 4.69) is 73.4 Å². The van der Waals surface area contributed by atoms with Gasteiger partial charge in [-0.05, 0) is 0 Å². The number of aryl methyl sites for hydroxylation is 1. The van der Waals surface area contributed by atoms with Crippen LogP contribution in [0.3, 0.4) is 0 Å². The molecule has 0 heterocycles. The number of unbranched alkanes of at least 4 members (excludes halogenated alkanes) is 3. The van der Waals surface area contributed by atoms with Gasteiger partial charge in [0.15, 0.2) is 0 Å². The van der Waals surface area contributed by atoms with Crippen LogP contribution >= 0.6 is 11.8 Å². The van der Waals surface area contributed by atoms with E-state index in [1.165, 1.54) is 67.2 Å². The molecule has 1 unspecified atom stereocenters. The van der Waals surface area contributed by atoms with Gasteiger partial charge in [0.05, 0.1) is 0 Å². The third-order valence-electron chi connectivity index (χ3n) is 7.16. The molecular weight excluding hydrogens is 527 g/mol. The second-order valence-electron chi connectivity index (χ2n) is 9.75. The minimum atomic E-state index is -2.55. The van der Waals surface area contributed by atoms with Crippen LogP contribution in [0.1, 0.15) is 81.6 Å². The molecule has 0 amide bonds. The molecule has 178 valence electrons. The number of Topliss-reactive ketones (excluding diaryl/α,β-unsaturated/α-hetero) is 1. The fourth-order valence-electron chi connectivity index (χ4n) is 5.17. The summed E-state index contributed by atoms with van der Waals surface area (Å²) in [7, 11) is 0. The van der Waals surface area contributed by atoms with E-state index >= 15 is 0 Å². The molecule has 1 aliphatic rings. The SMILES string of the molecule is CCC[CH2][Sn](/[CH]=C(/Sc1ccccc1)C1CCc2ccccc2C1=O)([CH2]CCC)[CH2]CCC. The summed E-state index contributed by atoms with van der Waals surface area (Å²) >= 11 is -0.654. The molecule has 0 saturated heterocycles. The summed E-state index contributed by atoms with van der Waals surface area (Å²) in [6, 6.07) is 19.1. The number of thioether (sulfide) groups is 1. The van der Waals surface area contributed by atoms with Crippen LogP contribution in [-0.2, 0) is 6.42 Å². The van der Waals surface area contributed by atoms with Crippen molar-refractivity contribution in [2.75, 3.05) is 0 Å². The van der Waals surface area contributed by atoms with Crippen molar-refractivity contribution in [2.24, 2.45) is 5.92 Å². The third kappa shape index (κ3) is 7.49. The van der Waals surface area contributed by atoms with E-state index in [0.717, 1.165) is 18.4 Å². The maximum atomic E-state index is 13.7. The molecule has 0 aliphatic heterocycles. The molecular formula is C30H42OSSn. The summed E-state index contributed by atoms with van der Waals surface area (Å²) in [6.45, 7) is 7.00. The zero-order valence-corrected chi connectivity index (χ0v) is 24.6. The molecule has 1 aliphatic carbocycles. The molecule has 1 nitrogen and oxygen atoms in total. The topological polar surface area (TPSA) is 17.1 Å². The fourth-order valence-corrected chi connectivity index (χ4v) is 23.1. The fraction of sp³-hybridized carbons (Fsp3) is 0.500. The summed E-state index contributed by atoms with van der Waals surface area (Å²) in [6.07, 6.45) is 9.87. The Morgan fingerprint density at radius 2 is 1.45 bits per heavy atom. The summed E-state index contributed by atoms with van der Waals surface area (Å²) in [4.78, 5) is 16.4. The van der Waals surface area contributed by atoms with Gasteiger partial charge in [0.2, 0.25) is 0 Å². The molecule has 2 aromatic rings. The Morgan fingerprint density at radius 1 is 0.879 bits per heavy atom. The van der Waals surface area contributed by atoms with Crippen molar-refractivity contribution in [1.29, 1.82) is 0 Å². The Balaban J connectivity index is 2.04. The Morgan fingerprint density at radius 3 is 2.06 bits per heavy atom. The Kier molecular flexibility index (Phi) is 11.1. The van der Waals surface area contributed by atoms with Crippen LogP contribution in [0.15, 0.2) is 68.5 Å². The first-order valence-corrected chi connectivity index (χ1v) is 21.7. The van der Waals surface area contributed by atoms with Crippen molar-refractivity contribution < 1.29 is 4.79 Å². The zero-order chi connectivity index (χ0) is 23.5. The predicted molar refractivity (Wildman–Crippen MR) is 148 cm³/mol. The molecule has 0 aromatic heterocycles. The summed E-state index contributed by atoms with van der Waals surface area (Å²) < 4.78 is 7.15. The zero-order valence-electron chi connectivity index (χ0n) is 20.9. The van der Waals surface area contributed by atoms with Crippen LogP contribution in [0, 0.1) is 5.92 Å². The number of benzene rings is 2. The van der Waals surface area contributed by atoms with Gasteiger partial charge >= 0.3 is 212 Å². The van der Waals surface area contributed by atoms with Gasteiger partial charge in [-0.25, -0.2) is 0 Å². The molecule has 0 bridgehead atoms. The van der Waals surface area contributed by atoms with Crippen LogP contribution in [0.5, 0.6) is 0 Å². The molecule has 1 atom stereocenters. The number of allylic oxidation sites excluding steroid dienone is 1. The number of carbonyl (C=O) groups excluding carboxylic acids is 1.